The van der Waals surface area contributed by atoms with Crippen molar-refractivity contribution in [3.8, 4) is 0 Å². The Kier molecular flexibility index (Phi) is 6.32. The third-order valence-corrected chi connectivity index (χ3v) is 3.36. The van der Waals surface area contributed by atoms with Gasteiger partial charge in [0.1, 0.15) is 0 Å². The molecule has 17 heavy (non-hydrogen) atoms. The lowest BCUT2D eigenvalue weighted by Gasteiger charge is -2.14. The Balaban J connectivity index is 2.42. The van der Waals surface area contributed by atoms with Crippen molar-refractivity contribution in [2.24, 2.45) is 5.92 Å². The van der Waals surface area contributed by atoms with E-state index in [-0.39, 0.29) is 0 Å². The molecule has 3 heteroatoms. The highest BCUT2D eigenvalue weighted by Crippen LogP contribution is 2.24. The lowest BCUT2D eigenvalue weighted by molar-refractivity contribution is 0.476. The number of nitrogens with one attached hydrogen (secondary N) is 1. The molecule has 0 heterocycles. The Hall–Kier alpha value is -0.240. The first-order valence-corrected chi connectivity index (χ1v) is 6.92. The minimum absolute atomic E-state index is 0.557. The molecule has 0 spiro atoms. The highest BCUT2D eigenvalue weighted by atomic mass is 35.5. The maximum atomic E-state index is 6.16. The maximum absolute atomic E-state index is 6.16. The van der Waals surface area contributed by atoms with Crippen LogP contribution in [0, 0.1) is 5.92 Å². The molecular weight excluding hydrogens is 253 g/mol. The van der Waals surface area contributed by atoms with E-state index in [0.717, 1.165) is 24.4 Å². The van der Waals surface area contributed by atoms with Gasteiger partial charge in [-0.25, -0.2) is 0 Å². The van der Waals surface area contributed by atoms with Gasteiger partial charge in [0.05, 0.1) is 0 Å². The summed E-state index contributed by atoms with van der Waals surface area (Å²) in [7, 11) is 0. The Morgan fingerprint density at radius 3 is 2.47 bits per heavy atom. The van der Waals surface area contributed by atoms with E-state index in [0.29, 0.717) is 17.0 Å². The zero-order valence-corrected chi connectivity index (χ0v) is 12.3. The molecule has 96 valence electrons. The van der Waals surface area contributed by atoms with Crippen molar-refractivity contribution in [1.82, 2.24) is 5.32 Å². The molecule has 1 N–H and O–H groups in total. The van der Waals surface area contributed by atoms with Gasteiger partial charge >= 0.3 is 0 Å². The van der Waals surface area contributed by atoms with Crippen molar-refractivity contribution in [3.05, 3.63) is 33.8 Å². The van der Waals surface area contributed by atoms with E-state index < -0.39 is 0 Å². The van der Waals surface area contributed by atoms with Crippen LogP contribution >= 0.6 is 23.2 Å². The fourth-order valence-corrected chi connectivity index (χ4v) is 2.27. The minimum atomic E-state index is 0.557. The molecule has 1 aromatic rings. The van der Waals surface area contributed by atoms with E-state index in [4.69, 9.17) is 23.2 Å². The van der Waals surface area contributed by atoms with Gasteiger partial charge < -0.3 is 5.32 Å². The maximum Gasteiger partial charge on any atom is 0.0452 e. The Labute approximate surface area is 115 Å². The zero-order chi connectivity index (χ0) is 12.8. The first-order chi connectivity index (χ1) is 7.99. The molecule has 0 aliphatic rings. The van der Waals surface area contributed by atoms with Crippen LogP contribution in [0.3, 0.4) is 0 Å². The van der Waals surface area contributed by atoms with Crippen molar-refractivity contribution in [2.75, 3.05) is 6.54 Å². The number of halogens is 2. The summed E-state index contributed by atoms with van der Waals surface area (Å²) in [4.78, 5) is 0. The van der Waals surface area contributed by atoms with E-state index in [9.17, 15) is 0 Å². The average molecular weight is 274 g/mol. The molecule has 0 amide bonds. The van der Waals surface area contributed by atoms with Crippen molar-refractivity contribution < 1.29 is 0 Å². The molecule has 0 fully saturated rings. The van der Waals surface area contributed by atoms with Crippen LogP contribution in [0.2, 0.25) is 10.0 Å². The van der Waals surface area contributed by atoms with E-state index in [1.54, 1.807) is 0 Å². The van der Waals surface area contributed by atoms with Gasteiger partial charge in [0.15, 0.2) is 0 Å². The normalized spacial score (nSPS) is 13.1. The summed E-state index contributed by atoms with van der Waals surface area (Å²) in [5.41, 5.74) is 1.19. The summed E-state index contributed by atoms with van der Waals surface area (Å²) in [5.74, 6) is 0.625. The van der Waals surface area contributed by atoms with Crippen molar-refractivity contribution in [1.29, 1.82) is 0 Å². The van der Waals surface area contributed by atoms with Crippen LogP contribution in [0.1, 0.15) is 32.8 Å². The third kappa shape index (κ3) is 5.76. The second-order valence-electron chi connectivity index (χ2n) is 4.94. The van der Waals surface area contributed by atoms with Gasteiger partial charge in [0.25, 0.3) is 0 Å². The molecule has 0 aliphatic heterocycles. The Morgan fingerprint density at radius 2 is 1.88 bits per heavy atom. The first kappa shape index (κ1) is 14.8. The molecule has 1 unspecified atom stereocenters. The molecule has 0 aliphatic carbocycles. The summed E-state index contributed by atoms with van der Waals surface area (Å²) in [6, 6.07) is 6.30. The quantitative estimate of drug-likeness (QED) is 0.801. The second-order valence-corrected chi connectivity index (χ2v) is 5.79. The smallest absolute Gasteiger partial charge is 0.0452 e. The lowest BCUT2D eigenvalue weighted by atomic mass is 9.98. The van der Waals surface area contributed by atoms with E-state index in [1.165, 1.54) is 5.56 Å². The van der Waals surface area contributed by atoms with Crippen LogP contribution in [-0.4, -0.2) is 12.6 Å². The SMILES string of the molecule is CC(CCNC(C)C)Cc1ccc(Cl)cc1Cl. The van der Waals surface area contributed by atoms with Crippen LogP contribution in [0.4, 0.5) is 0 Å². The van der Waals surface area contributed by atoms with Crippen LogP contribution in [0.15, 0.2) is 18.2 Å². The van der Waals surface area contributed by atoms with Crippen molar-refractivity contribution in [3.63, 3.8) is 0 Å². The van der Waals surface area contributed by atoms with Gasteiger partial charge in [0, 0.05) is 16.1 Å². The molecule has 1 nitrogen and oxygen atoms in total. The van der Waals surface area contributed by atoms with Crippen LogP contribution in [-0.2, 0) is 6.42 Å². The third-order valence-electron chi connectivity index (χ3n) is 2.77. The Bertz CT molecular complexity index is 350. The predicted molar refractivity (Wildman–Crippen MR) is 77.1 cm³/mol. The molecule has 1 atom stereocenters. The topological polar surface area (TPSA) is 12.0 Å². The Morgan fingerprint density at radius 1 is 1.18 bits per heavy atom. The fourth-order valence-electron chi connectivity index (χ4n) is 1.78. The average Bonchev–Trinajstić information content (AvgIpc) is 2.21. The van der Waals surface area contributed by atoms with Gasteiger partial charge in [-0.1, -0.05) is 50.0 Å². The van der Waals surface area contributed by atoms with Gasteiger partial charge in [-0.05, 0) is 43.0 Å². The van der Waals surface area contributed by atoms with E-state index in [2.05, 4.69) is 26.1 Å². The highest BCUT2D eigenvalue weighted by Gasteiger charge is 2.07. The highest BCUT2D eigenvalue weighted by molar-refractivity contribution is 6.35. The number of hydrogen-bond donors (Lipinski definition) is 1. The molecule has 0 saturated carbocycles. The number of benzene rings is 1. The molecule has 0 aromatic heterocycles. The van der Waals surface area contributed by atoms with E-state index in [1.807, 2.05) is 18.2 Å². The summed E-state index contributed by atoms with van der Waals surface area (Å²) >= 11 is 12.0. The predicted octanol–water partition coefficient (Wildman–Crippen LogP) is 4.56. The fraction of sp³-hybridized carbons (Fsp3) is 0.571. The monoisotopic (exact) mass is 273 g/mol. The van der Waals surface area contributed by atoms with Gasteiger partial charge in [-0.15, -0.1) is 0 Å². The largest absolute Gasteiger partial charge is 0.315 e. The van der Waals surface area contributed by atoms with Crippen LogP contribution < -0.4 is 5.32 Å². The summed E-state index contributed by atoms with van der Waals surface area (Å²) in [6.07, 6.45) is 2.17. The van der Waals surface area contributed by atoms with Gasteiger partial charge in [-0.2, -0.15) is 0 Å². The van der Waals surface area contributed by atoms with Gasteiger partial charge in [-0.3, -0.25) is 0 Å². The zero-order valence-electron chi connectivity index (χ0n) is 10.8. The molecule has 0 radical (unpaired) electrons. The lowest BCUT2D eigenvalue weighted by Crippen LogP contribution is -2.25. The van der Waals surface area contributed by atoms with Crippen molar-refractivity contribution in [2.45, 2.75) is 39.7 Å². The molecule has 1 rings (SSSR count). The molecule has 0 saturated heterocycles. The first-order valence-electron chi connectivity index (χ1n) is 6.16. The molecular formula is C14H21Cl2N. The summed E-state index contributed by atoms with van der Waals surface area (Å²) < 4.78 is 0. The van der Waals surface area contributed by atoms with Crippen molar-refractivity contribution >= 4 is 23.2 Å². The standard InChI is InChI=1S/C14H21Cl2N/c1-10(2)17-7-6-11(3)8-12-4-5-13(15)9-14(12)16/h4-5,9-11,17H,6-8H2,1-3H3. The molecule has 0 bridgehead atoms. The number of rotatable bonds is 6. The molecule has 1 aromatic carbocycles. The van der Waals surface area contributed by atoms with Crippen LogP contribution in [0.25, 0.3) is 0 Å². The second kappa shape index (κ2) is 7.25. The van der Waals surface area contributed by atoms with Gasteiger partial charge in [0.2, 0.25) is 0 Å². The minimum Gasteiger partial charge on any atom is -0.315 e. The van der Waals surface area contributed by atoms with E-state index >= 15 is 0 Å². The van der Waals surface area contributed by atoms with Crippen LogP contribution in [0.5, 0.6) is 0 Å². The summed E-state index contributed by atoms with van der Waals surface area (Å²) in [6.45, 7) is 7.65. The summed E-state index contributed by atoms with van der Waals surface area (Å²) in [5, 5.41) is 4.91. The number of hydrogen-bond acceptors (Lipinski definition) is 1.